The molecule has 0 atom stereocenters. The lowest BCUT2D eigenvalue weighted by molar-refractivity contribution is 0.0729. The van der Waals surface area contributed by atoms with Crippen LogP contribution < -0.4 is 9.47 Å². The molecule has 0 fully saturated rings. The summed E-state index contributed by atoms with van der Waals surface area (Å²) in [5.41, 5.74) is 2.34. The lowest BCUT2D eigenvalue weighted by Gasteiger charge is -2.10. The van der Waals surface area contributed by atoms with Gasteiger partial charge in [-0.2, -0.15) is 0 Å². The van der Waals surface area contributed by atoms with Crippen LogP contribution in [-0.2, 0) is 0 Å². The van der Waals surface area contributed by atoms with E-state index in [9.17, 15) is 4.79 Å². The van der Waals surface area contributed by atoms with Crippen LogP contribution in [0.25, 0.3) is 20.8 Å². The van der Waals surface area contributed by atoms with Gasteiger partial charge in [-0.1, -0.05) is 28.1 Å². The Hall–Kier alpha value is -2.70. The van der Waals surface area contributed by atoms with Crippen LogP contribution >= 0.6 is 27.3 Å². The molecule has 6 heteroatoms. The van der Waals surface area contributed by atoms with Crippen LogP contribution in [-0.4, -0.2) is 18.1 Å². The van der Waals surface area contributed by atoms with Gasteiger partial charge in [-0.15, -0.1) is 11.3 Å². The van der Waals surface area contributed by atoms with Gasteiger partial charge in [0.1, 0.15) is 5.01 Å². The highest BCUT2D eigenvalue weighted by Crippen LogP contribution is 2.36. The molecule has 0 aliphatic heterocycles. The Bertz CT molecular complexity index is 1090. The first-order chi connectivity index (χ1) is 13.1. The second-order valence-corrected chi connectivity index (χ2v) is 7.70. The Morgan fingerprint density at radius 2 is 1.78 bits per heavy atom. The van der Waals surface area contributed by atoms with Gasteiger partial charge in [0.25, 0.3) is 0 Å². The van der Waals surface area contributed by atoms with Crippen LogP contribution in [0.4, 0.5) is 0 Å². The summed E-state index contributed by atoms with van der Waals surface area (Å²) in [5.74, 6) is 0.418. The van der Waals surface area contributed by atoms with Crippen LogP contribution in [0.5, 0.6) is 11.5 Å². The average Bonchev–Trinajstić information content (AvgIpc) is 3.13. The number of halogens is 1. The number of fused-ring (bicyclic) bond motifs is 1. The first-order valence-corrected chi connectivity index (χ1v) is 9.77. The predicted molar refractivity (Wildman–Crippen MR) is 111 cm³/mol. The van der Waals surface area contributed by atoms with Crippen LogP contribution in [0.3, 0.4) is 0 Å². The third-order valence-electron chi connectivity index (χ3n) is 3.99. The zero-order chi connectivity index (χ0) is 18.8. The van der Waals surface area contributed by atoms with E-state index in [-0.39, 0.29) is 0 Å². The molecular formula is C21H14BrNO3S. The molecule has 1 heterocycles. The number of hydrogen-bond acceptors (Lipinski definition) is 5. The van der Waals surface area contributed by atoms with E-state index in [4.69, 9.17) is 9.47 Å². The molecule has 134 valence electrons. The number of carbonyl (C=O) groups is 1. The summed E-state index contributed by atoms with van der Waals surface area (Å²) < 4.78 is 13.0. The molecule has 0 bridgehead atoms. The molecule has 0 N–H and O–H groups in total. The van der Waals surface area contributed by atoms with Crippen LogP contribution in [0.2, 0.25) is 0 Å². The SMILES string of the molecule is COc1cc(-c2nc3ccccc3s2)ccc1OC(=O)c1ccc(Br)cc1. The van der Waals surface area contributed by atoms with Gasteiger partial charge in [0.05, 0.1) is 22.9 Å². The van der Waals surface area contributed by atoms with E-state index in [0.29, 0.717) is 17.1 Å². The van der Waals surface area contributed by atoms with Crippen molar-refractivity contribution in [3.63, 3.8) is 0 Å². The minimum Gasteiger partial charge on any atom is -0.493 e. The molecule has 0 aliphatic carbocycles. The largest absolute Gasteiger partial charge is 0.493 e. The van der Waals surface area contributed by atoms with E-state index < -0.39 is 5.97 Å². The second kappa shape index (κ2) is 7.50. The zero-order valence-corrected chi connectivity index (χ0v) is 16.7. The molecule has 1 aromatic heterocycles. The van der Waals surface area contributed by atoms with E-state index in [2.05, 4.69) is 20.9 Å². The number of aromatic nitrogens is 1. The minimum atomic E-state index is -0.437. The van der Waals surface area contributed by atoms with Crippen molar-refractivity contribution in [3.05, 3.63) is 76.8 Å². The Labute approximate surface area is 168 Å². The van der Waals surface area contributed by atoms with Gasteiger partial charge in [0, 0.05) is 10.0 Å². The molecule has 4 aromatic rings. The van der Waals surface area contributed by atoms with E-state index in [0.717, 1.165) is 25.3 Å². The molecule has 27 heavy (non-hydrogen) atoms. The topological polar surface area (TPSA) is 48.4 Å². The van der Waals surface area contributed by atoms with Gasteiger partial charge in [-0.3, -0.25) is 0 Å². The van der Waals surface area contributed by atoms with Crippen molar-refractivity contribution in [1.29, 1.82) is 0 Å². The van der Waals surface area contributed by atoms with Crippen LogP contribution in [0.15, 0.2) is 71.2 Å². The van der Waals surface area contributed by atoms with Crippen molar-refractivity contribution >= 4 is 43.5 Å². The van der Waals surface area contributed by atoms with Crippen LogP contribution in [0.1, 0.15) is 10.4 Å². The number of hydrogen-bond donors (Lipinski definition) is 0. The van der Waals surface area contributed by atoms with E-state index >= 15 is 0 Å². The fourth-order valence-electron chi connectivity index (χ4n) is 2.63. The number of esters is 1. The standard InChI is InChI=1S/C21H14BrNO3S/c1-25-18-12-14(20-23-16-4-2-3-5-19(16)27-20)8-11-17(18)26-21(24)13-6-9-15(22)10-7-13/h2-12H,1H3. The third-order valence-corrected chi connectivity index (χ3v) is 5.60. The minimum absolute atomic E-state index is 0.371. The van der Waals surface area contributed by atoms with Gasteiger partial charge in [-0.25, -0.2) is 9.78 Å². The Morgan fingerprint density at radius 1 is 1.00 bits per heavy atom. The summed E-state index contributed by atoms with van der Waals surface area (Å²) in [6.07, 6.45) is 0. The van der Waals surface area contributed by atoms with Crippen molar-refractivity contribution in [2.75, 3.05) is 7.11 Å². The number of methoxy groups -OCH3 is 1. The van der Waals surface area contributed by atoms with Gasteiger partial charge < -0.3 is 9.47 Å². The van der Waals surface area contributed by atoms with E-state index in [1.54, 1.807) is 48.8 Å². The highest BCUT2D eigenvalue weighted by atomic mass is 79.9. The highest BCUT2D eigenvalue weighted by Gasteiger charge is 2.15. The lowest BCUT2D eigenvalue weighted by atomic mass is 10.2. The first-order valence-electron chi connectivity index (χ1n) is 8.16. The van der Waals surface area contributed by atoms with Crippen molar-refractivity contribution in [2.45, 2.75) is 0 Å². The number of rotatable bonds is 4. The van der Waals surface area contributed by atoms with Crippen LogP contribution in [0, 0.1) is 0 Å². The fraction of sp³-hybridized carbons (Fsp3) is 0.0476. The summed E-state index contributed by atoms with van der Waals surface area (Å²) in [6, 6.07) is 20.4. The maximum Gasteiger partial charge on any atom is 0.343 e. The normalized spacial score (nSPS) is 10.7. The maximum atomic E-state index is 12.4. The van der Waals surface area contributed by atoms with Gasteiger partial charge in [0.2, 0.25) is 0 Å². The fourth-order valence-corrected chi connectivity index (χ4v) is 3.85. The molecular weight excluding hydrogens is 426 g/mol. The number of benzene rings is 3. The molecule has 0 spiro atoms. The average molecular weight is 440 g/mol. The number of carbonyl (C=O) groups excluding carboxylic acids is 1. The maximum absolute atomic E-state index is 12.4. The number of ether oxygens (including phenoxy) is 2. The lowest BCUT2D eigenvalue weighted by Crippen LogP contribution is -2.09. The first kappa shape index (κ1) is 17.7. The Morgan fingerprint density at radius 3 is 2.52 bits per heavy atom. The molecule has 3 aromatic carbocycles. The molecule has 0 aliphatic rings. The summed E-state index contributed by atoms with van der Waals surface area (Å²) in [5, 5.41) is 0.889. The summed E-state index contributed by atoms with van der Waals surface area (Å²) in [6.45, 7) is 0. The summed E-state index contributed by atoms with van der Waals surface area (Å²) in [4.78, 5) is 17.0. The molecule has 0 saturated heterocycles. The van der Waals surface area contributed by atoms with Gasteiger partial charge in [0.15, 0.2) is 11.5 Å². The van der Waals surface area contributed by atoms with E-state index in [1.807, 2.05) is 36.4 Å². The molecule has 0 saturated carbocycles. The van der Waals surface area contributed by atoms with Gasteiger partial charge >= 0.3 is 5.97 Å². The van der Waals surface area contributed by atoms with Crippen molar-refractivity contribution < 1.29 is 14.3 Å². The van der Waals surface area contributed by atoms with Crippen molar-refractivity contribution in [3.8, 4) is 22.1 Å². The molecule has 0 unspecified atom stereocenters. The van der Waals surface area contributed by atoms with Gasteiger partial charge in [-0.05, 0) is 54.6 Å². The summed E-state index contributed by atoms with van der Waals surface area (Å²) >= 11 is 4.96. The Kier molecular flexibility index (Phi) is 4.92. The smallest absolute Gasteiger partial charge is 0.343 e. The van der Waals surface area contributed by atoms with E-state index in [1.165, 1.54) is 0 Å². The molecule has 4 rings (SSSR count). The monoisotopic (exact) mass is 439 g/mol. The molecule has 4 nitrogen and oxygen atoms in total. The number of nitrogens with zero attached hydrogens (tertiary/aromatic N) is 1. The number of thiazole rings is 1. The quantitative estimate of drug-likeness (QED) is 0.291. The zero-order valence-electron chi connectivity index (χ0n) is 14.3. The predicted octanol–water partition coefficient (Wildman–Crippen LogP) is 5.95. The highest BCUT2D eigenvalue weighted by molar-refractivity contribution is 9.10. The van der Waals surface area contributed by atoms with Crippen molar-refractivity contribution in [1.82, 2.24) is 4.98 Å². The molecule has 0 radical (unpaired) electrons. The van der Waals surface area contributed by atoms with Crippen molar-refractivity contribution in [2.24, 2.45) is 0 Å². The molecule has 0 amide bonds. The third kappa shape index (κ3) is 3.72. The summed E-state index contributed by atoms with van der Waals surface area (Å²) in [7, 11) is 1.55. The number of para-hydroxylation sites is 1. The second-order valence-electron chi connectivity index (χ2n) is 5.75. The Balaban J connectivity index is 1.63.